The fourth-order valence-electron chi connectivity index (χ4n) is 2.98. The lowest BCUT2D eigenvalue weighted by molar-refractivity contribution is 0.343. The zero-order valence-electron chi connectivity index (χ0n) is 8.89. The maximum atomic E-state index is 3.74. The molecule has 2 rings (SSSR count). The topological polar surface area (TPSA) is 12.0 Å². The molecule has 0 aromatic rings. The third kappa shape index (κ3) is 2.46. The molecule has 2 unspecified atom stereocenters. The molecule has 0 radical (unpaired) electrons. The molecule has 1 aliphatic heterocycles. The van der Waals surface area contributed by atoms with Crippen LogP contribution in [0.2, 0.25) is 0 Å². The highest BCUT2D eigenvalue weighted by Crippen LogP contribution is 2.31. The number of rotatable bonds is 0. The average Bonchev–Trinajstić information content (AvgIpc) is 2.43. The van der Waals surface area contributed by atoms with Gasteiger partial charge in [0.25, 0.3) is 0 Å². The third-order valence-corrected chi connectivity index (χ3v) is 3.98. The first-order valence-electron chi connectivity index (χ1n) is 6.09. The second kappa shape index (κ2) is 4.45. The van der Waals surface area contributed by atoms with Crippen molar-refractivity contribution in [3.63, 3.8) is 0 Å². The van der Waals surface area contributed by atoms with Crippen LogP contribution in [0.25, 0.3) is 0 Å². The largest absolute Gasteiger partial charge is 0.314 e. The summed E-state index contributed by atoms with van der Waals surface area (Å²) in [6.07, 6.45) is 10.2. The molecule has 1 saturated carbocycles. The van der Waals surface area contributed by atoms with Crippen LogP contribution in [0.4, 0.5) is 0 Å². The summed E-state index contributed by atoms with van der Waals surface area (Å²) in [5.74, 6) is 1.99. The molecule has 0 spiro atoms. The summed E-state index contributed by atoms with van der Waals surface area (Å²) < 4.78 is 0. The van der Waals surface area contributed by atoms with Crippen molar-refractivity contribution >= 4 is 0 Å². The summed E-state index contributed by atoms with van der Waals surface area (Å²) >= 11 is 0. The Balaban J connectivity index is 1.95. The summed E-state index contributed by atoms with van der Waals surface area (Å²) in [5, 5.41) is 3.74. The Morgan fingerprint density at radius 3 is 2.69 bits per heavy atom. The first-order chi connectivity index (χ1) is 6.36. The first-order valence-corrected chi connectivity index (χ1v) is 6.09. The van der Waals surface area contributed by atoms with Crippen molar-refractivity contribution in [2.24, 2.45) is 11.8 Å². The van der Waals surface area contributed by atoms with E-state index in [1.54, 1.807) is 0 Å². The number of hydrogen-bond donors (Lipinski definition) is 1. The van der Waals surface area contributed by atoms with E-state index in [4.69, 9.17) is 0 Å². The highest BCUT2D eigenvalue weighted by Gasteiger charge is 2.26. The summed E-state index contributed by atoms with van der Waals surface area (Å²) in [6.45, 7) is 3.70. The number of nitrogens with one attached hydrogen (secondary N) is 1. The molecule has 0 bridgehead atoms. The van der Waals surface area contributed by atoms with Crippen molar-refractivity contribution < 1.29 is 0 Å². The highest BCUT2D eigenvalue weighted by atomic mass is 14.9. The highest BCUT2D eigenvalue weighted by molar-refractivity contribution is 4.83. The normalized spacial score (nSPS) is 41.8. The molecule has 0 amide bonds. The number of fused-ring (bicyclic) bond motifs is 1. The molecule has 1 heterocycles. The molecule has 1 saturated heterocycles. The summed E-state index contributed by atoms with van der Waals surface area (Å²) in [7, 11) is 0. The van der Waals surface area contributed by atoms with Gasteiger partial charge in [-0.15, -0.1) is 0 Å². The Labute approximate surface area is 82.3 Å². The van der Waals surface area contributed by atoms with Crippen LogP contribution in [-0.4, -0.2) is 12.6 Å². The van der Waals surface area contributed by atoms with Gasteiger partial charge in [0.1, 0.15) is 0 Å². The molecule has 3 atom stereocenters. The Morgan fingerprint density at radius 2 is 1.77 bits per heavy atom. The molecule has 2 aliphatic rings. The Hall–Kier alpha value is -0.0400. The Kier molecular flexibility index (Phi) is 3.26. The van der Waals surface area contributed by atoms with Crippen LogP contribution in [0.15, 0.2) is 0 Å². The maximum Gasteiger partial charge on any atom is 0.00954 e. The molecule has 1 N–H and O–H groups in total. The lowest BCUT2D eigenvalue weighted by Crippen LogP contribution is -2.33. The predicted molar refractivity (Wildman–Crippen MR) is 56.8 cm³/mol. The van der Waals surface area contributed by atoms with Gasteiger partial charge in [0.05, 0.1) is 0 Å². The van der Waals surface area contributed by atoms with Gasteiger partial charge < -0.3 is 5.32 Å². The molecule has 13 heavy (non-hydrogen) atoms. The van der Waals surface area contributed by atoms with Crippen LogP contribution in [0, 0.1) is 11.8 Å². The van der Waals surface area contributed by atoms with Crippen molar-refractivity contribution in [3.8, 4) is 0 Å². The van der Waals surface area contributed by atoms with Gasteiger partial charge in [-0.2, -0.15) is 0 Å². The van der Waals surface area contributed by atoms with Crippen LogP contribution >= 0.6 is 0 Å². The fourth-order valence-corrected chi connectivity index (χ4v) is 2.98. The second-order valence-corrected chi connectivity index (χ2v) is 5.08. The molecule has 1 nitrogen and oxygen atoms in total. The van der Waals surface area contributed by atoms with Gasteiger partial charge in [0, 0.05) is 6.04 Å². The fraction of sp³-hybridized carbons (Fsp3) is 1.00. The predicted octanol–water partition coefficient (Wildman–Crippen LogP) is 2.95. The standard InChI is InChI=1S/C12H23N/c1-10-5-7-11-4-2-3-9-13-12(11)8-6-10/h10-13H,2-9H2,1H3/t10?,11-,12?/m0/s1. The zero-order valence-corrected chi connectivity index (χ0v) is 8.89. The van der Waals surface area contributed by atoms with Gasteiger partial charge in [-0.1, -0.05) is 19.8 Å². The van der Waals surface area contributed by atoms with Crippen molar-refractivity contribution in [1.82, 2.24) is 5.32 Å². The van der Waals surface area contributed by atoms with Crippen LogP contribution < -0.4 is 5.32 Å². The van der Waals surface area contributed by atoms with Gasteiger partial charge in [-0.25, -0.2) is 0 Å². The van der Waals surface area contributed by atoms with Gasteiger partial charge in [-0.3, -0.25) is 0 Å². The molecule has 0 aromatic carbocycles. The van der Waals surface area contributed by atoms with E-state index < -0.39 is 0 Å². The molecule has 1 aliphatic carbocycles. The van der Waals surface area contributed by atoms with Crippen LogP contribution in [-0.2, 0) is 0 Å². The van der Waals surface area contributed by atoms with Crippen LogP contribution in [0.1, 0.15) is 51.9 Å². The van der Waals surface area contributed by atoms with Gasteiger partial charge in [-0.05, 0) is 50.5 Å². The van der Waals surface area contributed by atoms with Crippen molar-refractivity contribution in [2.75, 3.05) is 6.54 Å². The number of hydrogen-bond acceptors (Lipinski definition) is 1. The van der Waals surface area contributed by atoms with Gasteiger partial charge >= 0.3 is 0 Å². The van der Waals surface area contributed by atoms with E-state index in [9.17, 15) is 0 Å². The molecular weight excluding hydrogens is 158 g/mol. The first kappa shape index (κ1) is 9.51. The molecular formula is C12H23N. The Bertz CT molecular complexity index is 139. The van der Waals surface area contributed by atoms with E-state index in [1.807, 2.05) is 0 Å². The van der Waals surface area contributed by atoms with E-state index in [0.29, 0.717) is 0 Å². The minimum Gasteiger partial charge on any atom is -0.314 e. The minimum absolute atomic E-state index is 0.868. The quantitative estimate of drug-likeness (QED) is 0.606. The van der Waals surface area contributed by atoms with E-state index in [-0.39, 0.29) is 0 Å². The van der Waals surface area contributed by atoms with E-state index in [2.05, 4.69) is 12.2 Å². The summed E-state index contributed by atoms with van der Waals surface area (Å²) in [5.41, 5.74) is 0. The van der Waals surface area contributed by atoms with Crippen LogP contribution in [0.3, 0.4) is 0 Å². The lowest BCUT2D eigenvalue weighted by atomic mass is 9.91. The molecule has 2 fully saturated rings. The van der Waals surface area contributed by atoms with Crippen molar-refractivity contribution in [2.45, 2.75) is 57.9 Å². The van der Waals surface area contributed by atoms with Crippen molar-refractivity contribution in [1.29, 1.82) is 0 Å². The Morgan fingerprint density at radius 1 is 0.923 bits per heavy atom. The smallest absolute Gasteiger partial charge is 0.00954 e. The lowest BCUT2D eigenvalue weighted by Gasteiger charge is -2.22. The monoisotopic (exact) mass is 181 g/mol. The maximum absolute atomic E-state index is 3.74. The van der Waals surface area contributed by atoms with E-state index in [1.165, 1.54) is 51.5 Å². The van der Waals surface area contributed by atoms with Gasteiger partial charge in [0.2, 0.25) is 0 Å². The average molecular weight is 181 g/mol. The van der Waals surface area contributed by atoms with Crippen molar-refractivity contribution in [3.05, 3.63) is 0 Å². The zero-order chi connectivity index (χ0) is 9.10. The molecule has 0 aromatic heterocycles. The third-order valence-electron chi connectivity index (χ3n) is 3.98. The molecule has 1 heteroatoms. The second-order valence-electron chi connectivity index (χ2n) is 5.08. The molecule has 76 valence electrons. The van der Waals surface area contributed by atoms with Crippen LogP contribution in [0.5, 0.6) is 0 Å². The van der Waals surface area contributed by atoms with E-state index >= 15 is 0 Å². The van der Waals surface area contributed by atoms with Gasteiger partial charge in [0.15, 0.2) is 0 Å². The summed E-state index contributed by atoms with van der Waals surface area (Å²) in [6, 6.07) is 0.868. The van der Waals surface area contributed by atoms with E-state index in [0.717, 1.165) is 17.9 Å². The summed E-state index contributed by atoms with van der Waals surface area (Å²) in [4.78, 5) is 0. The SMILES string of the molecule is CC1CCC2NCCCC[C@H]2CC1. The minimum atomic E-state index is 0.868.